The quantitative estimate of drug-likeness (QED) is 0.183. The first kappa shape index (κ1) is 29.0. The largest absolute Gasteiger partial charge is 0.497 e. The summed E-state index contributed by atoms with van der Waals surface area (Å²) in [6.07, 6.45) is 0. The summed E-state index contributed by atoms with van der Waals surface area (Å²) in [5.41, 5.74) is 5.16. The standard InChI is InChI=1S/C31H34N4O6/c1-6-39-25-18-22(19-26(40-7-2)29(25)41-8-3)30(36)33-32-20(4)27-28(21-12-10-9-11-13-21)34-35(31(27)37)23-14-16-24(38-5)17-15-23/h9-19,34H,6-8H2,1-5H3,(H,33,36). The molecule has 0 aliphatic carbocycles. The highest BCUT2D eigenvalue weighted by atomic mass is 16.5. The van der Waals surface area contributed by atoms with Gasteiger partial charge in [-0.1, -0.05) is 30.3 Å². The summed E-state index contributed by atoms with van der Waals surface area (Å²) in [6.45, 7) is 8.38. The summed E-state index contributed by atoms with van der Waals surface area (Å²) < 4.78 is 23.9. The van der Waals surface area contributed by atoms with Gasteiger partial charge in [-0.15, -0.1) is 0 Å². The molecule has 4 aromatic rings. The molecule has 10 nitrogen and oxygen atoms in total. The van der Waals surface area contributed by atoms with Crippen LogP contribution < -0.4 is 29.9 Å². The third-order valence-corrected chi connectivity index (χ3v) is 6.14. The molecule has 41 heavy (non-hydrogen) atoms. The number of carbonyl (C=O) groups is 1. The number of ether oxygens (including phenoxy) is 4. The highest BCUT2D eigenvalue weighted by molar-refractivity contribution is 6.04. The van der Waals surface area contributed by atoms with Crippen molar-refractivity contribution in [3.63, 3.8) is 0 Å². The Hall–Kier alpha value is -4.99. The normalized spacial score (nSPS) is 11.2. The zero-order chi connectivity index (χ0) is 29.4. The highest BCUT2D eigenvalue weighted by Crippen LogP contribution is 2.39. The van der Waals surface area contributed by atoms with E-state index < -0.39 is 5.91 Å². The van der Waals surface area contributed by atoms with Crippen molar-refractivity contribution in [2.45, 2.75) is 27.7 Å². The van der Waals surface area contributed by atoms with Crippen molar-refractivity contribution in [2.75, 3.05) is 26.9 Å². The van der Waals surface area contributed by atoms with Gasteiger partial charge in [-0.25, -0.2) is 10.1 Å². The third-order valence-electron chi connectivity index (χ3n) is 6.14. The lowest BCUT2D eigenvalue weighted by molar-refractivity contribution is 0.0953. The molecule has 4 rings (SSSR count). The van der Waals surface area contributed by atoms with E-state index in [1.165, 1.54) is 4.68 Å². The second-order valence-electron chi connectivity index (χ2n) is 8.81. The van der Waals surface area contributed by atoms with Crippen molar-refractivity contribution in [1.82, 2.24) is 15.2 Å². The Kier molecular flexibility index (Phi) is 9.47. The first-order chi connectivity index (χ1) is 19.9. The predicted molar refractivity (Wildman–Crippen MR) is 158 cm³/mol. The van der Waals surface area contributed by atoms with Gasteiger partial charge in [0.15, 0.2) is 11.5 Å². The number of nitrogens with one attached hydrogen (secondary N) is 2. The van der Waals surface area contributed by atoms with Gasteiger partial charge in [-0.2, -0.15) is 5.10 Å². The Bertz CT molecular complexity index is 1550. The van der Waals surface area contributed by atoms with Gasteiger partial charge in [0.25, 0.3) is 11.5 Å². The van der Waals surface area contributed by atoms with Gasteiger partial charge in [0.1, 0.15) is 5.75 Å². The number of methoxy groups -OCH3 is 1. The summed E-state index contributed by atoms with van der Waals surface area (Å²) >= 11 is 0. The van der Waals surface area contributed by atoms with Crippen LogP contribution >= 0.6 is 0 Å². The molecule has 0 aliphatic rings. The topological polar surface area (TPSA) is 116 Å². The Morgan fingerprint density at radius 2 is 1.51 bits per heavy atom. The number of hydrazone groups is 1. The zero-order valence-electron chi connectivity index (χ0n) is 23.8. The fourth-order valence-corrected chi connectivity index (χ4v) is 4.27. The molecule has 0 saturated carbocycles. The Labute approximate surface area is 238 Å². The van der Waals surface area contributed by atoms with Crippen LogP contribution in [-0.2, 0) is 0 Å². The van der Waals surface area contributed by atoms with Crippen molar-refractivity contribution in [3.8, 4) is 39.9 Å². The van der Waals surface area contributed by atoms with E-state index >= 15 is 0 Å². The number of H-pyrrole nitrogens is 1. The summed E-state index contributed by atoms with van der Waals surface area (Å²) in [4.78, 5) is 26.9. The van der Waals surface area contributed by atoms with Crippen molar-refractivity contribution < 1.29 is 23.7 Å². The lowest BCUT2D eigenvalue weighted by atomic mass is 10.1. The van der Waals surface area contributed by atoms with E-state index in [0.29, 0.717) is 65.5 Å². The van der Waals surface area contributed by atoms with E-state index in [1.54, 1.807) is 50.4 Å². The molecule has 0 unspecified atom stereocenters. The fraction of sp³-hybridized carbons (Fsp3) is 0.258. The number of amides is 1. The van der Waals surface area contributed by atoms with Crippen LogP contribution in [0.4, 0.5) is 0 Å². The van der Waals surface area contributed by atoms with Crippen LogP contribution in [0.5, 0.6) is 23.0 Å². The smallest absolute Gasteiger partial charge is 0.281 e. The second-order valence-corrected chi connectivity index (χ2v) is 8.81. The van der Waals surface area contributed by atoms with Gasteiger partial charge in [-0.05, 0) is 64.1 Å². The van der Waals surface area contributed by atoms with E-state index in [0.717, 1.165) is 5.56 Å². The van der Waals surface area contributed by atoms with E-state index in [4.69, 9.17) is 18.9 Å². The maximum Gasteiger partial charge on any atom is 0.281 e. The minimum absolute atomic E-state index is 0.268. The SMILES string of the molecule is CCOc1cc(C(=O)NN=C(C)c2c(-c3ccccc3)[nH]n(-c3ccc(OC)cc3)c2=O)cc(OCC)c1OCC. The van der Waals surface area contributed by atoms with Crippen LogP contribution in [0.1, 0.15) is 43.6 Å². The first-order valence-corrected chi connectivity index (χ1v) is 13.4. The first-order valence-electron chi connectivity index (χ1n) is 13.4. The third kappa shape index (κ3) is 6.43. The fourth-order valence-electron chi connectivity index (χ4n) is 4.27. The maximum absolute atomic E-state index is 13.7. The maximum atomic E-state index is 13.7. The molecule has 1 heterocycles. The van der Waals surface area contributed by atoms with Gasteiger partial charge in [-0.3, -0.25) is 14.7 Å². The van der Waals surface area contributed by atoms with Crippen LogP contribution in [0.2, 0.25) is 0 Å². The summed E-state index contributed by atoms with van der Waals surface area (Å²) in [5, 5.41) is 7.52. The highest BCUT2D eigenvalue weighted by Gasteiger charge is 2.21. The second kappa shape index (κ2) is 13.4. The van der Waals surface area contributed by atoms with Crippen LogP contribution in [0, 0.1) is 0 Å². The molecule has 10 heteroatoms. The van der Waals surface area contributed by atoms with E-state index in [2.05, 4.69) is 15.6 Å². The molecule has 1 aromatic heterocycles. The molecule has 0 spiro atoms. The number of nitrogens with zero attached hydrogens (tertiary/aromatic N) is 2. The van der Waals surface area contributed by atoms with Crippen LogP contribution in [-0.4, -0.2) is 48.3 Å². The molecule has 214 valence electrons. The molecule has 3 aromatic carbocycles. The summed E-state index contributed by atoms with van der Waals surface area (Å²) in [6, 6.07) is 19.7. The van der Waals surface area contributed by atoms with Gasteiger partial charge in [0.05, 0.1) is 49.6 Å². The predicted octanol–water partition coefficient (Wildman–Crippen LogP) is 5.19. The number of rotatable bonds is 12. The lowest BCUT2D eigenvalue weighted by Gasteiger charge is -2.16. The van der Waals surface area contributed by atoms with Gasteiger partial charge in [0, 0.05) is 11.1 Å². The van der Waals surface area contributed by atoms with Crippen LogP contribution in [0.25, 0.3) is 16.9 Å². The minimum atomic E-state index is -0.499. The van der Waals surface area contributed by atoms with Crippen LogP contribution in [0.15, 0.2) is 76.6 Å². The summed E-state index contributed by atoms with van der Waals surface area (Å²) in [7, 11) is 1.58. The van der Waals surface area contributed by atoms with Crippen molar-refractivity contribution in [1.29, 1.82) is 0 Å². The lowest BCUT2D eigenvalue weighted by Crippen LogP contribution is -2.23. The van der Waals surface area contributed by atoms with E-state index in [9.17, 15) is 9.59 Å². The molecule has 0 saturated heterocycles. The number of benzene rings is 3. The Morgan fingerprint density at radius 3 is 2.07 bits per heavy atom. The summed E-state index contributed by atoms with van der Waals surface area (Å²) in [5.74, 6) is 1.40. The molecule has 0 radical (unpaired) electrons. The number of hydrogen-bond donors (Lipinski definition) is 2. The molecule has 0 bridgehead atoms. The molecule has 0 aliphatic heterocycles. The average molecular weight is 559 g/mol. The average Bonchev–Trinajstić information content (AvgIpc) is 3.34. The number of hydrogen-bond acceptors (Lipinski definition) is 7. The number of carbonyl (C=O) groups excluding carboxylic acids is 1. The van der Waals surface area contributed by atoms with Crippen molar-refractivity contribution in [2.24, 2.45) is 5.10 Å². The van der Waals surface area contributed by atoms with E-state index in [-0.39, 0.29) is 11.1 Å². The molecule has 1 amide bonds. The monoisotopic (exact) mass is 558 g/mol. The number of aromatic amines is 1. The Balaban J connectivity index is 1.72. The molecule has 2 N–H and O–H groups in total. The van der Waals surface area contributed by atoms with Gasteiger partial charge < -0.3 is 18.9 Å². The molecule has 0 fully saturated rings. The van der Waals surface area contributed by atoms with Gasteiger partial charge >= 0.3 is 0 Å². The zero-order valence-corrected chi connectivity index (χ0v) is 23.8. The van der Waals surface area contributed by atoms with E-state index in [1.807, 2.05) is 51.1 Å². The van der Waals surface area contributed by atoms with Crippen molar-refractivity contribution in [3.05, 3.63) is 88.2 Å². The van der Waals surface area contributed by atoms with Crippen LogP contribution in [0.3, 0.4) is 0 Å². The minimum Gasteiger partial charge on any atom is -0.497 e. The molecule has 0 atom stereocenters. The molecular formula is C31H34N4O6. The van der Waals surface area contributed by atoms with Gasteiger partial charge in [0.2, 0.25) is 5.75 Å². The Morgan fingerprint density at radius 1 is 0.902 bits per heavy atom. The number of aromatic nitrogens is 2. The van der Waals surface area contributed by atoms with Crippen molar-refractivity contribution >= 4 is 11.6 Å². The molecular weight excluding hydrogens is 524 g/mol.